The molecular weight excluding hydrogens is 204 g/mol. The molecule has 15 heavy (non-hydrogen) atoms. The van der Waals surface area contributed by atoms with E-state index in [0.717, 1.165) is 12.5 Å². The van der Waals surface area contributed by atoms with Crippen molar-refractivity contribution in [2.24, 2.45) is 5.41 Å². The zero-order valence-corrected chi connectivity index (χ0v) is 12.7. The first kappa shape index (κ1) is 15.1. The van der Waals surface area contributed by atoms with Crippen molar-refractivity contribution in [2.75, 3.05) is 14.2 Å². The Bertz CT molecular complexity index is 185. The molecule has 0 rings (SSSR count). The molecule has 0 aliphatic rings. The fraction of sp³-hybridized carbons (Fsp3) is 1.00. The maximum atomic E-state index is 5.76. The van der Waals surface area contributed by atoms with Crippen LogP contribution in [0.25, 0.3) is 0 Å². The van der Waals surface area contributed by atoms with Gasteiger partial charge < -0.3 is 8.85 Å². The normalized spacial score (nSPS) is 14.4. The SMILES string of the molecule is CO[Si](CCC(C)(C)C)(OC)C(C)(C)C. The average molecular weight is 232 g/mol. The van der Waals surface area contributed by atoms with E-state index in [9.17, 15) is 0 Å². The van der Waals surface area contributed by atoms with Crippen molar-refractivity contribution in [3.05, 3.63) is 0 Å². The van der Waals surface area contributed by atoms with E-state index in [-0.39, 0.29) is 5.04 Å². The molecule has 0 aromatic rings. The van der Waals surface area contributed by atoms with Gasteiger partial charge >= 0.3 is 8.56 Å². The molecule has 0 radical (unpaired) electrons. The zero-order chi connectivity index (χ0) is 12.3. The van der Waals surface area contributed by atoms with E-state index >= 15 is 0 Å². The van der Waals surface area contributed by atoms with Crippen LogP contribution in [0.3, 0.4) is 0 Å². The minimum Gasteiger partial charge on any atom is -0.397 e. The van der Waals surface area contributed by atoms with Crippen LogP contribution in [0.15, 0.2) is 0 Å². The van der Waals surface area contributed by atoms with Crippen molar-refractivity contribution in [3.63, 3.8) is 0 Å². The smallest absolute Gasteiger partial charge is 0.343 e. The Labute approximate surface area is 96.6 Å². The summed E-state index contributed by atoms with van der Waals surface area (Å²) in [5.41, 5.74) is 0.348. The largest absolute Gasteiger partial charge is 0.397 e. The highest BCUT2D eigenvalue weighted by molar-refractivity contribution is 6.70. The fourth-order valence-electron chi connectivity index (χ4n) is 1.81. The van der Waals surface area contributed by atoms with E-state index in [4.69, 9.17) is 8.85 Å². The van der Waals surface area contributed by atoms with Gasteiger partial charge in [-0.05, 0) is 17.9 Å². The quantitative estimate of drug-likeness (QED) is 0.683. The summed E-state index contributed by atoms with van der Waals surface area (Å²) < 4.78 is 11.5. The van der Waals surface area contributed by atoms with Crippen LogP contribution in [0.2, 0.25) is 11.1 Å². The van der Waals surface area contributed by atoms with Gasteiger partial charge in [-0.3, -0.25) is 0 Å². The minimum atomic E-state index is -2.05. The van der Waals surface area contributed by atoms with E-state index < -0.39 is 8.56 Å². The van der Waals surface area contributed by atoms with Gasteiger partial charge in [-0.1, -0.05) is 41.5 Å². The maximum Gasteiger partial charge on any atom is 0.343 e. The third kappa shape index (κ3) is 4.25. The first-order chi connectivity index (χ1) is 6.58. The molecule has 0 unspecified atom stereocenters. The van der Waals surface area contributed by atoms with E-state index in [1.807, 2.05) is 0 Å². The second-order valence-electron chi connectivity index (χ2n) is 6.47. The Balaban J connectivity index is 4.67. The van der Waals surface area contributed by atoms with Crippen molar-refractivity contribution < 1.29 is 8.85 Å². The number of hydrogen-bond acceptors (Lipinski definition) is 2. The van der Waals surface area contributed by atoms with Crippen LogP contribution in [-0.4, -0.2) is 22.8 Å². The Morgan fingerprint density at radius 2 is 1.27 bits per heavy atom. The molecule has 0 aromatic carbocycles. The van der Waals surface area contributed by atoms with Crippen LogP contribution in [0.5, 0.6) is 0 Å². The summed E-state index contributed by atoms with van der Waals surface area (Å²) in [6, 6.07) is 1.06. The van der Waals surface area contributed by atoms with Gasteiger partial charge in [0.2, 0.25) is 0 Å². The third-order valence-corrected chi connectivity index (χ3v) is 7.52. The molecule has 0 N–H and O–H groups in total. The van der Waals surface area contributed by atoms with Gasteiger partial charge in [-0.15, -0.1) is 0 Å². The topological polar surface area (TPSA) is 18.5 Å². The lowest BCUT2D eigenvalue weighted by Crippen LogP contribution is -2.49. The van der Waals surface area contributed by atoms with E-state index in [0.29, 0.717) is 5.41 Å². The molecule has 0 aliphatic heterocycles. The second-order valence-corrected chi connectivity index (χ2v) is 10.8. The molecule has 0 aliphatic carbocycles. The van der Waals surface area contributed by atoms with Gasteiger partial charge in [0.15, 0.2) is 0 Å². The van der Waals surface area contributed by atoms with E-state index in [1.165, 1.54) is 0 Å². The second kappa shape index (κ2) is 4.98. The van der Waals surface area contributed by atoms with Crippen molar-refractivity contribution in [3.8, 4) is 0 Å². The predicted octanol–water partition coefficient (Wildman–Crippen LogP) is 3.96. The molecular formula is C12H28O2Si. The minimum absolute atomic E-state index is 0.127. The first-order valence-corrected chi connectivity index (χ1v) is 7.71. The summed E-state index contributed by atoms with van der Waals surface area (Å²) in [5, 5.41) is 0.127. The maximum absolute atomic E-state index is 5.76. The molecule has 0 heterocycles. The van der Waals surface area contributed by atoms with E-state index in [1.54, 1.807) is 14.2 Å². The highest BCUT2D eigenvalue weighted by Gasteiger charge is 2.47. The summed E-state index contributed by atoms with van der Waals surface area (Å²) in [6.45, 7) is 13.4. The summed E-state index contributed by atoms with van der Waals surface area (Å²) >= 11 is 0. The zero-order valence-electron chi connectivity index (χ0n) is 11.7. The Morgan fingerprint density at radius 1 is 0.867 bits per heavy atom. The standard InChI is InChI=1S/C12H28O2Si/c1-11(2,3)9-10-15(13-7,14-8)12(4,5)6/h9-10H2,1-8H3. The lowest BCUT2D eigenvalue weighted by Gasteiger charge is -2.40. The molecule has 0 saturated carbocycles. The van der Waals surface area contributed by atoms with Crippen LogP contribution < -0.4 is 0 Å². The van der Waals surface area contributed by atoms with Crippen LogP contribution in [0.1, 0.15) is 48.0 Å². The monoisotopic (exact) mass is 232 g/mol. The molecule has 92 valence electrons. The predicted molar refractivity (Wildman–Crippen MR) is 68.4 cm³/mol. The molecule has 0 amide bonds. The van der Waals surface area contributed by atoms with Gasteiger partial charge in [0.1, 0.15) is 0 Å². The van der Waals surface area contributed by atoms with Gasteiger partial charge in [-0.25, -0.2) is 0 Å². The molecule has 0 saturated heterocycles. The van der Waals surface area contributed by atoms with Crippen molar-refractivity contribution in [2.45, 2.75) is 59.0 Å². The lowest BCUT2D eigenvalue weighted by molar-refractivity contribution is 0.206. The van der Waals surface area contributed by atoms with Gasteiger partial charge in [0.05, 0.1) is 0 Å². The molecule has 0 fully saturated rings. The summed E-state index contributed by atoms with van der Waals surface area (Å²) in [7, 11) is 1.54. The Kier molecular flexibility index (Phi) is 5.02. The fourth-order valence-corrected chi connectivity index (χ4v) is 5.44. The molecule has 2 nitrogen and oxygen atoms in total. The average Bonchev–Trinajstić information content (AvgIpc) is 2.02. The molecule has 0 bridgehead atoms. The van der Waals surface area contributed by atoms with Crippen molar-refractivity contribution in [1.82, 2.24) is 0 Å². The van der Waals surface area contributed by atoms with Crippen molar-refractivity contribution >= 4 is 8.56 Å². The Hall–Kier alpha value is 0.137. The van der Waals surface area contributed by atoms with Gasteiger partial charge in [0, 0.05) is 19.3 Å². The number of hydrogen-bond donors (Lipinski definition) is 0. The number of rotatable bonds is 4. The lowest BCUT2D eigenvalue weighted by atomic mass is 9.94. The molecule has 0 atom stereocenters. The van der Waals surface area contributed by atoms with Crippen molar-refractivity contribution in [1.29, 1.82) is 0 Å². The highest BCUT2D eigenvalue weighted by atomic mass is 28.4. The third-order valence-electron chi connectivity index (χ3n) is 3.01. The van der Waals surface area contributed by atoms with E-state index in [2.05, 4.69) is 41.5 Å². The summed E-state index contributed by atoms with van der Waals surface area (Å²) in [5.74, 6) is 0. The molecule has 3 heteroatoms. The van der Waals surface area contributed by atoms with Crippen LogP contribution >= 0.6 is 0 Å². The molecule has 0 aromatic heterocycles. The first-order valence-electron chi connectivity index (χ1n) is 5.68. The summed E-state index contributed by atoms with van der Waals surface area (Å²) in [4.78, 5) is 0. The summed E-state index contributed by atoms with van der Waals surface area (Å²) in [6.07, 6.45) is 1.15. The van der Waals surface area contributed by atoms with Crippen LogP contribution in [-0.2, 0) is 8.85 Å². The Morgan fingerprint density at radius 3 is 1.47 bits per heavy atom. The highest BCUT2D eigenvalue weighted by Crippen LogP contribution is 2.42. The van der Waals surface area contributed by atoms with Gasteiger partial charge in [0.25, 0.3) is 0 Å². The van der Waals surface area contributed by atoms with Crippen LogP contribution in [0.4, 0.5) is 0 Å². The van der Waals surface area contributed by atoms with Crippen LogP contribution in [0, 0.1) is 5.41 Å². The molecule has 0 spiro atoms. The van der Waals surface area contributed by atoms with Gasteiger partial charge in [-0.2, -0.15) is 0 Å².